The summed E-state index contributed by atoms with van der Waals surface area (Å²) in [5, 5.41) is 4.88. The van der Waals surface area contributed by atoms with Crippen molar-refractivity contribution < 1.29 is 0 Å². The quantitative estimate of drug-likeness (QED) is 0.882. The lowest BCUT2D eigenvalue weighted by molar-refractivity contribution is 0.201. The lowest BCUT2D eigenvalue weighted by Gasteiger charge is -2.38. The fourth-order valence-electron chi connectivity index (χ4n) is 2.24. The van der Waals surface area contributed by atoms with Gasteiger partial charge in [-0.05, 0) is 6.92 Å². The Labute approximate surface area is 108 Å². The fraction of sp³-hybridized carbons (Fsp3) is 0.750. The summed E-state index contributed by atoms with van der Waals surface area (Å²) in [7, 11) is 1.93. The van der Waals surface area contributed by atoms with Gasteiger partial charge < -0.3 is 5.73 Å². The van der Waals surface area contributed by atoms with Crippen LogP contribution in [0.25, 0.3) is 0 Å². The van der Waals surface area contributed by atoms with Gasteiger partial charge >= 0.3 is 0 Å². The molecule has 0 amide bonds. The summed E-state index contributed by atoms with van der Waals surface area (Å²) < 4.78 is 1.81. The van der Waals surface area contributed by atoms with E-state index in [2.05, 4.69) is 35.6 Å². The minimum Gasteiger partial charge on any atom is -0.323 e. The molecule has 2 rings (SSSR count). The Kier molecular flexibility index (Phi) is 4.12. The maximum absolute atomic E-state index is 6.25. The Morgan fingerprint density at radius 1 is 1.59 bits per heavy atom. The van der Waals surface area contributed by atoms with Crippen LogP contribution >= 0.6 is 11.8 Å². The second kappa shape index (κ2) is 5.42. The first kappa shape index (κ1) is 12.9. The van der Waals surface area contributed by atoms with E-state index >= 15 is 0 Å². The van der Waals surface area contributed by atoms with Crippen LogP contribution in [0.3, 0.4) is 0 Å². The molecule has 96 valence electrons. The molecule has 1 aliphatic heterocycles. The van der Waals surface area contributed by atoms with Gasteiger partial charge in [-0.25, -0.2) is 0 Å². The van der Waals surface area contributed by atoms with Crippen molar-refractivity contribution in [2.45, 2.75) is 31.2 Å². The molecule has 0 spiro atoms. The first-order valence-corrected chi connectivity index (χ1v) is 7.22. The van der Waals surface area contributed by atoms with Crippen LogP contribution in [0.1, 0.15) is 25.5 Å². The van der Waals surface area contributed by atoms with Crippen LogP contribution < -0.4 is 5.73 Å². The van der Waals surface area contributed by atoms with Crippen LogP contribution in [0.15, 0.2) is 12.4 Å². The smallest absolute Gasteiger partial charge is 0.0537 e. The minimum atomic E-state index is 0.0708. The van der Waals surface area contributed by atoms with E-state index in [9.17, 15) is 0 Å². The standard InChI is InChI=1S/C12H22N4S/c1-9-10(2)17-5-4-16(9)8-12(13)11-6-14-15(3)7-11/h6-7,9-10,12H,4-5,8,13H2,1-3H3. The van der Waals surface area contributed by atoms with Gasteiger partial charge in [-0.15, -0.1) is 0 Å². The zero-order valence-corrected chi connectivity index (χ0v) is 11.7. The number of hydrogen-bond donors (Lipinski definition) is 1. The third kappa shape index (κ3) is 3.03. The van der Waals surface area contributed by atoms with E-state index < -0.39 is 0 Å². The predicted octanol–water partition coefficient (Wildman–Crippen LogP) is 1.25. The van der Waals surface area contributed by atoms with Crippen LogP contribution in [0, 0.1) is 0 Å². The highest BCUT2D eigenvalue weighted by Crippen LogP contribution is 2.25. The maximum Gasteiger partial charge on any atom is 0.0537 e. The zero-order valence-electron chi connectivity index (χ0n) is 10.8. The highest BCUT2D eigenvalue weighted by molar-refractivity contribution is 8.00. The second-order valence-electron chi connectivity index (χ2n) is 4.87. The molecular weight excluding hydrogens is 232 g/mol. The van der Waals surface area contributed by atoms with Crippen LogP contribution in [0.4, 0.5) is 0 Å². The third-order valence-electron chi connectivity index (χ3n) is 3.60. The van der Waals surface area contributed by atoms with Gasteiger partial charge in [0.1, 0.15) is 0 Å². The van der Waals surface area contributed by atoms with Gasteiger partial charge in [0.15, 0.2) is 0 Å². The summed E-state index contributed by atoms with van der Waals surface area (Å²) in [5.74, 6) is 1.21. The summed E-state index contributed by atoms with van der Waals surface area (Å²) in [6.45, 7) is 6.67. The van der Waals surface area contributed by atoms with E-state index in [4.69, 9.17) is 5.73 Å². The molecular formula is C12H22N4S. The number of rotatable bonds is 3. The van der Waals surface area contributed by atoms with Gasteiger partial charge in [0, 0.05) is 55.0 Å². The predicted molar refractivity (Wildman–Crippen MR) is 73.1 cm³/mol. The Bertz CT molecular complexity index is 365. The fourth-order valence-corrected chi connectivity index (χ4v) is 3.41. The van der Waals surface area contributed by atoms with Crippen molar-refractivity contribution in [3.63, 3.8) is 0 Å². The molecule has 5 heteroatoms. The number of thioether (sulfide) groups is 1. The Balaban J connectivity index is 1.96. The minimum absolute atomic E-state index is 0.0708. The van der Waals surface area contributed by atoms with Crippen molar-refractivity contribution in [3.8, 4) is 0 Å². The van der Waals surface area contributed by atoms with Crippen molar-refractivity contribution in [2.24, 2.45) is 12.8 Å². The molecule has 2 heterocycles. The van der Waals surface area contributed by atoms with Gasteiger partial charge in [0.05, 0.1) is 6.20 Å². The van der Waals surface area contributed by atoms with Crippen molar-refractivity contribution in [1.82, 2.24) is 14.7 Å². The second-order valence-corrected chi connectivity index (χ2v) is 6.35. The summed E-state index contributed by atoms with van der Waals surface area (Å²) in [4.78, 5) is 2.50. The summed E-state index contributed by atoms with van der Waals surface area (Å²) in [5.41, 5.74) is 7.38. The molecule has 0 bridgehead atoms. The van der Waals surface area contributed by atoms with E-state index in [1.807, 2.05) is 24.1 Å². The van der Waals surface area contributed by atoms with E-state index in [0.717, 1.165) is 18.7 Å². The number of hydrogen-bond acceptors (Lipinski definition) is 4. The number of nitrogens with zero attached hydrogens (tertiary/aromatic N) is 3. The Morgan fingerprint density at radius 2 is 2.35 bits per heavy atom. The SMILES string of the molecule is CC1SCCN(CC(N)c2cnn(C)c2)C1C. The molecule has 0 radical (unpaired) electrons. The molecule has 3 atom stereocenters. The molecule has 0 saturated carbocycles. The van der Waals surface area contributed by atoms with Gasteiger partial charge in [0.25, 0.3) is 0 Å². The summed E-state index contributed by atoms with van der Waals surface area (Å²) in [6, 6.07) is 0.679. The number of aryl methyl sites for hydroxylation is 1. The van der Waals surface area contributed by atoms with Crippen molar-refractivity contribution in [3.05, 3.63) is 18.0 Å². The van der Waals surface area contributed by atoms with Crippen LogP contribution in [-0.4, -0.2) is 44.8 Å². The molecule has 17 heavy (non-hydrogen) atoms. The van der Waals surface area contributed by atoms with E-state index in [1.165, 1.54) is 5.75 Å². The number of nitrogens with two attached hydrogens (primary N) is 1. The Morgan fingerprint density at radius 3 is 3.00 bits per heavy atom. The van der Waals surface area contributed by atoms with Crippen molar-refractivity contribution in [1.29, 1.82) is 0 Å². The molecule has 3 unspecified atom stereocenters. The highest BCUT2D eigenvalue weighted by Gasteiger charge is 2.26. The Hall–Kier alpha value is -0.520. The summed E-state index contributed by atoms with van der Waals surface area (Å²) >= 11 is 2.06. The molecule has 4 nitrogen and oxygen atoms in total. The van der Waals surface area contributed by atoms with Crippen LogP contribution in [0.2, 0.25) is 0 Å². The lowest BCUT2D eigenvalue weighted by Crippen LogP contribution is -2.47. The van der Waals surface area contributed by atoms with Gasteiger partial charge in [-0.3, -0.25) is 9.58 Å². The first-order chi connectivity index (χ1) is 8.08. The molecule has 1 aliphatic rings. The average molecular weight is 254 g/mol. The van der Waals surface area contributed by atoms with E-state index in [-0.39, 0.29) is 6.04 Å². The zero-order chi connectivity index (χ0) is 12.4. The van der Waals surface area contributed by atoms with Gasteiger partial charge in [0.2, 0.25) is 0 Å². The normalized spacial score (nSPS) is 28.2. The van der Waals surface area contributed by atoms with Crippen LogP contribution in [-0.2, 0) is 7.05 Å². The van der Waals surface area contributed by atoms with Crippen molar-refractivity contribution in [2.75, 3.05) is 18.8 Å². The number of aromatic nitrogens is 2. The third-order valence-corrected chi connectivity index (χ3v) is 4.94. The topological polar surface area (TPSA) is 47.1 Å². The van der Waals surface area contributed by atoms with E-state index in [1.54, 1.807) is 0 Å². The average Bonchev–Trinajstić information content (AvgIpc) is 2.72. The molecule has 1 aromatic heterocycles. The van der Waals surface area contributed by atoms with Gasteiger partial charge in [-0.1, -0.05) is 6.92 Å². The largest absolute Gasteiger partial charge is 0.323 e. The van der Waals surface area contributed by atoms with E-state index in [0.29, 0.717) is 11.3 Å². The highest BCUT2D eigenvalue weighted by atomic mass is 32.2. The first-order valence-electron chi connectivity index (χ1n) is 6.17. The molecule has 1 fully saturated rings. The molecule has 0 aliphatic carbocycles. The van der Waals surface area contributed by atoms with Crippen molar-refractivity contribution >= 4 is 11.8 Å². The van der Waals surface area contributed by atoms with Crippen LogP contribution in [0.5, 0.6) is 0 Å². The van der Waals surface area contributed by atoms with Gasteiger partial charge in [-0.2, -0.15) is 16.9 Å². The molecule has 0 aromatic carbocycles. The maximum atomic E-state index is 6.25. The summed E-state index contributed by atoms with van der Waals surface area (Å²) in [6.07, 6.45) is 3.88. The molecule has 1 aromatic rings. The monoisotopic (exact) mass is 254 g/mol. The lowest BCUT2D eigenvalue weighted by atomic mass is 10.1. The molecule has 1 saturated heterocycles. The molecule has 2 N–H and O–H groups in total.